The second kappa shape index (κ2) is 7.44. The van der Waals surface area contributed by atoms with E-state index in [1.54, 1.807) is 12.1 Å². The molecule has 0 saturated carbocycles. The summed E-state index contributed by atoms with van der Waals surface area (Å²) in [6.07, 6.45) is 1.44. The number of nitrogens with one attached hydrogen (secondary N) is 1. The fraction of sp³-hybridized carbons (Fsp3) is 0.222. The van der Waals surface area contributed by atoms with Gasteiger partial charge in [-0.25, -0.2) is 5.43 Å². The lowest BCUT2D eigenvalue weighted by Crippen LogP contribution is -2.24. The lowest BCUT2D eigenvalue weighted by molar-refractivity contribution is -0.123. The van der Waals surface area contributed by atoms with E-state index in [4.69, 9.17) is 25.8 Å². The smallest absolute Gasteiger partial charge is 0.277 e. The minimum absolute atomic E-state index is 0.130. The van der Waals surface area contributed by atoms with Gasteiger partial charge in [0, 0.05) is 11.6 Å². The van der Waals surface area contributed by atoms with Crippen LogP contribution in [0.5, 0.6) is 17.2 Å². The number of amides is 1. The number of hydrogen-bond acceptors (Lipinski definition) is 5. The van der Waals surface area contributed by atoms with Crippen LogP contribution in [-0.4, -0.2) is 25.5 Å². The van der Waals surface area contributed by atoms with Crippen LogP contribution in [0, 0.1) is 13.8 Å². The van der Waals surface area contributed by atoms with Gasteiger partial charge < -0.3 is 14.2 Å². The highest BCUT2D eigenvalue weighted by Crippen LogP contribution is 2.36. The topological polar surface area (TPSA) is 69.2 Å². The van der Waals surface area contributed by atoms with Gasteiger partial charge in [-0.3, -0.25) is 4.79 Å². The Morgan fingerprint density at radius 3 is 2.76 bits per heavy atom. The van der Waals surface area contributed by atoms with E-state index in [-0.39, 0.29) is 19.3 Å². The summed E-state index contributed by atoms with van der Waals surface area (Å²) in [5.41, 5.74) is 5.28. The molecule has 3 rings (SSSR count). The van der Waals surface area contributed by atoms with Gasteiger partial charge in [-0.05, 0) is 43.2 Å². The fourth-order valence-electron chi connectivity index (χ4n) is 2.19. The maximum atomic E-state index is 11.8. The molecule has 7 heteroatoms. The Balaban J connectivity index is 1.53. The number of hydrogen-bond donors (Lipinski definition) is 1. The molecule has 1 amide bonds. The predicted octanol–water partition coefficient (Wildman–Crippen LogP) is 3.21. The monoisotopic (exact) mass is 360 g/mol. The molecule has 1 heterocycles. The van der Waals surface area contributed by atoms with Gasteiger partial charge in [0.05, 0.1) is 11.2 Å². The zero-order valence-electron chi connectivity index (χ0n) is 13.8. The Morgan fingerprint density at radius 2 is 2.00 bits per heavy atom. The van der Waals surface area contributed by atoms with E-state index in [2.05, 4.69) is 10.5 Å². The van der Waals surface area contributed by atoms with Gasteiger partial charge in [-0.2, -0.15) is 5.10 Å². The molecular weight excluding hydrogens is 344 g/mol. The molecule has 1 aliphatic heterocycles. The number of carbonyl (C=O) groups excluding carboxylic acids is 1. The summed E-state index contributed by atoms with van der Waals surface area (Å²) >= 11 is 6.13. The van der Waals surface area contributed by atoms with Gasteiger partial charge in [-0.1, -0.05) is 17.7 Å². The summed E-state index contributed by atoms with van der Waals surface area (Å²) in [5, 5.41) is 4.34. The van der Waals surface area contributed by atoms with E-state index in [1.807, 2.05) is 32.0 Å². The van der Waals surface area contributed by atoms with Crippen LogP contribution in [0.3, 0.4) is 0 Å². The van der Waals surface area contributed by atoms with Gasteiger partial charge >= 0.3 is 0 Å². The number of halogens is 1. The quantitative estimate of drug-likeness (QED) is 0.656. The van der Waals surface area contributed by atoms with Crippen LogP contribution in [0.1, 0.15) is 16.7 Å². The first kappa shape index (κ1) is 17.1. The number of fused-ring (bicyclic) bond motifs is 1. The van der Waals surface area contributed by atoms with Crippen LogP contribution in [0.15, 0.2) is 35.4 Å². The van der Waals surface area contributed by atoms with E-state index in [0.29, 0.717) is 27.8 Å². The summed E-state index contributed by atoms with van der Waals surface area (Å²) in [4.78, 5) is 11.8. The molecule has 0 atom stereocenters. The first-order chi connectivity index (χ1) is 12.0. The summed E-state index contributed by atoms with van der Waals surface area (Å²) < 4.78 is 15.9. The molecule has 1 aliphatic rings. The Labute approximate surface area is 150 Å². The van der Waals surface area contributed by atoms with Gasteiger partial charge in [0.25, 0.3) is 5.91 Å². The van der Waals surface area contributed by atoms with E-state index < -0.39 is 0 Å². The highest BCUT2D eigenvalue weighted by atomic mass is 35.5. The third kappa shape index (κ3) is 4.22. The second-order valence-corrected chi connectivity index (χ2v) is 5.96. The molecule has 2 aromatic carbocycles. The van der Waals surface area contributed by atoms with E-state index in [1.165, 1.54) is 11.8 Å². The van der Waals surface area contributed by atoms with E-state index in [9.17, 15) is 4.79 Å². The Bertz CT molecular complexity index is 836. The van der Waals surface area contributed by atoms with Crippen LogP contribution in [0.2, 0.25) is 5.02 Å². The van der Waals surface area contributed by atoms with Crippen molar-refractivity contribution in [2.45, 2.75) is 13.8 Å². The highest BCUT2D eigenvalue weighted by Gasteiger charge is 2.15. The van der Waals surface area contributed by atoms with E-state index in [0.717, 1.165) is 5.56 Å². The lowest BCUT2D eigenvalue weighted by Gasteiger charge is -2.07. The zero-order chi connectivity index (χ0) is 17.8. The number of aryl methyl sites for hydroxylation is 2. The molecule has 2 aromatic rings. The number of carbonyl (C=O) groups is 1. The fourth-order valence-corrected chi connectivity index (χ4v) is 2.39. The summed E-state index contributed by atoms with van der Waals surface area (Å²) in [6.45, 7) is 4.04. The number of ether oxygens (including phenoxy) is 3. The number of hydrazone groups is 1. The standard InChI is InChI=1S/C18H17ClN2O4/c1-11-3-4-14(5-12(11)2)23-9-18(22)21-20-8-13-6-16-17(7-15(13)19)25-10-24-16/h3-8H,9-10H2,1-2H3,(H,21,22)/b20-8-. The van der Waals surface area contributed by atoms with Crippen molar-refractivity contribution < 1.29 is 19.0 Å². The number of benzene rings is 2. The van der Waals surface area contributed by atoms with Crippen LogP contribution in [0.25, 0.3) is 0 Å². The summed E-state index contributed by atoms with van der Waals surface area (Å²) in [6, 6.07) is 9.01. The molecule has 0 radical (unpaired) electrons. The van der Waals surface area contributed by atoms with Crippen molar-refractivity contribution in [2.75, 3.05) is 13.4 Å². The average Bonchev–Trinajstić information content (AvgIpc) is 3.03. The molecule has 25 heavy (non-hydrogen) atoms. The maximum absolute atomic E-state index is 11.8. The van der Waals surface area contributed by atoms with Gasteiger partial charge in [0.2, 0.25) is 6.79 Å². The number of rotatable bonds is 5. The SMILES string of the molecule is Cc1ccc(OCC(=O)N/N=C\c2cc3c(cc2Cl)OCO3)cc1C. The van der Waals surface area contributed by atoms with Crippen molar-refractivity contribution in [1.29, 1.82) is 0 Å². The molecular formula is C18H17ClN2O4. The molecule has 0 unspecified atom stereocenters. The molecule has 0 spiro atoms. The van der Waals surface area contributed by atoms with Crippen LogP contribution in [0.4, 0.5) is 0 Å². The molecule has 0 bridgehead atoms. The molecule has 6 nitrogen and oxygen atoms in total. The molecule has 1 N–H and O–H groups in total. The van der Waals surface area contributed by atoms with Gasteiger partial charge in [0.1, 0.15) is 5.75 Å². The van der Waals surface area contributed by atoms with Crippen molar-refractivity contribution in [1.82, 2.24) is 5.43 Å². The van der Waals surface area contributed by atoms with Gasteiger partial charge in [0.15, 0.2) is 18.1 Å². The Kier molecular flexibility index (Phi) is 5.09. The van der Waals surface area contributed by atoms with Crippen LogP contribution >= 0.6 is 11.6 Å². The Hall–Kier alpha value is -2.73. The third-order valence-corrected chi connectivity index (χ3v) is 4.06. The molecule has 130 valence electrons. The number of nitrogens with zero attached hydrogens (tertiary/aromatic N) is 1. The van der Waals surface area contributed by atoms with Crippen molar-refractivity contribution in [3.05, 3.63) is 52.0 Å². The summed E-state index contributed by atoms with van der Waals surface area (Å²) in [5.74, 6) is 1.45. The largest absolute Gasteiger partial charge is 0.484 e. The van der Waals surface area contributed by atoms with Crippen molar-refractivity contribution >= 4 is 23.7 Å². The zero-order valence-corrected chi connectivity index (χ0v) is 14.6. The average molecular weight is 361 g/mol. The second-order valence-electron chi connectivity index (χ2n) is 5.55. The van der Waals surface area contributed by atoms with Crippen molar-refractivity contribution in [2.24, 2.45) is 5.10 Å². The molecule has 0 fully saturated rings. The summed E-state index contributed by atoms with van der Waals surface area (Å²) in [7, 11) is 0. The van der Waals surface area contributed by atoms with E-state index >= 15 is 0 Å². The van der Waals surface area contributed by atoms with Crippen molar-refractivity contribution in [3.63, 3.8) is 0 Å². The minimum Gasteiger partial charge on any atom is -0.484 e. The maximum Gasteiger partial charge on any atom is 0.277 e. The first-order valence-corrected chi connectivity index (χ1v) is 8.02. The minimum atomic E-state index is -0.369. The van der Waals surface area contributed by atoms with Crippen LogP contribution < -0.4 is 19.6 Å². The first-order valence-electron chi connectivity index (χ1n) is 7.64. The predicted molar refractivity (Wildman–Crippen MR) is 94.7 cm³/mol. The molecule has 0 aromatic heterocycles. The van der Waals surface area contributed by atoms with Gasteiger partial charge in [-0.15, -0.1) is 0 Å². The normalized spacial score (nSPS) is 12.4. The molecule has 0 aliphatic carbocycles. The Morgan fingerprint density at radius 1 is 1.24 bits per heavy atom. The van der Waals surface area contributed by atoms with Crippen molar-refractivity contribution in [3.8, 4) is 17.2 Å². The third-order valence-electron chi connectivity index (χ3n) is 3.73. The highest BCUT2D eigenvalue weighted by molar-refractivity contribution is 6.33. The molecule has 0 saturated heterocycles. The van der Waals surface area contributed by atoms with Crippen LogP contribution in [-0.2, 0) is 4.79 Å². The lowest BCUT2D eigenvalue weighted by atomic mass is 10.1.